The van der Waals surface area contributed by atoms with Gasteiger partial charge in [-0.25, -0.2) is 14.5 Å². The average Bonchev–Trinajstić information content (AvgIpc) is 3.21. The largest absolute Gasteiger partial charge is 0.332 e. The molecule has 0 N–H and O–H groups in total. The van der Waals surface area contributed by atoms with Gasteiger partial charge in [0.1, 0.15) is 5.82 Å². The molecule has 0 aromatic carbocycles. The van der Waals surface area contributed by atoms with Gasteiger partial charge in [0.2, 0.25) is 0 Å². The summed E-state index contributed by atoms with van der Waals surface area (Å²) in [5.41, 5.74) is 2.36. The first-order valence-electron chi connectivity index (χ1n) is 8.11. The average molecular weight is 347 g/mol. The summed E-state index contributed by atoms with van der Waals surface area (Å²) in [6.07, 6.45) is 8.89. The molecule has 0 atom stereocenters. The lowest BCUT2D eigenvalue weighted by molar-refractivity contribution is 0.883. The van der Waals surface area contributed by atoms with Gasteiger partial charge in [0, 0.05) is 31.7 Å². The Morgan fingerprint density at radius 2 is 1.96 bits per heavy atom. The highest BCUT2D eigenvalue weighted by atomic mass is 16.1. The Kier molecular flexibility index (Phi) is 3.72. The van der Waals surface area contributed by atoms with Crippen molar-refractivity contribution in [2.24, 2.45) is 7.05 Å². The molecular formula is C18H17N7O. The van der Waals surface area contributed by atoms with Crippen molar-refractivity contribution in [2.75, 3.05) is 0 Å². The highest BCUT2D eigenvalue weighted by Crippen LogP contribution is 2.11. The van der Waals surface area contributed by atoms with Gasteiger partial charge in [0.25, 0.3) is 5.56 Å². The minimum Gasteiger partial charge on any atom is -0.332 e. The van der Waals surface area contributed by atoms with Crippen LogP contribution in [0.2, 0.25) is 0 Å². The van der Waals surface area contributed by atoms with E-state index >= 15 is 0 Å². The van der Waals surface area contributed by atoms with Crippen molar-refractivity contribution < 1.29 is 0 Å². The summed E-state index contributed by atoms with van der Waals surface area (Å²) in [5.74, 6) is 1.84. The van der Waals surface area contributed by atoms with Crippen LogP contribution in [0.1, 0.15) is 23.0 Å². The third-order valence-electron chi connectivity index (χ3n) is 4.08. The molecule has 0 aliphatic heterocycles. The predicted octanol–water partition coefficient (Wildman–Crippen LogP) is 1.80. The summed E-state index contributed by atoms with van der Waals surface area (Å²) in [6, 6.07) is 5.00. The van der Waals surface area contributed by atoms with E-state index in [0.29, 0.717) is 17.5 Å². The van der Waals surface area contributed by atoms with Gasteiger partial charge in [-0.3, -0.25) is 14.3 Å². The Hall–Kier alpha value is -3.55. The van der Waals surface area contributed by atoms with Crippen LogP contribution in [-0.2, 0) is 7.05 Å². The molecule has 8 heteroatoms. The number of rotatable bonds is 3. The third-order valence-corrected chi connectivity index (χ3v) is 4.08. The minimum atomic E-state index is -0.124. The summed E-state index contributed by atoms with van der Waals surface area (Å²) >= 11 is 0. The number of hydrogen-bond donors (Lipinski definition) is 0. The van der Waals surface area contributed by atoms with Crippen LogP contribution < -0.4 is 5.56 Å². The fraction of sp³-hybridized carbons (Fsp3) is 0.167. The Morgan fingerprint density at radius 1 is 1.12 bits per heavy atom. The molecule has 4 aromatic heterocycles. The Labute approximate surface area is 149 Å². The van der Waals surface area contributed by atoms with Crippen molar-refractivity contribution in [2.45, 2.75) is 13.8 Å². The summed E-state index contributed by atoms with van der Waals surface area (Å²) in [6.45, 7) is 3.84. The van der Waals surface area contributed by atoms with Gasteiger partial charge < -0.3 is 4.57 Å². The lowest BCUT2D eigenvalue weighted by Gasteiger charge is -1.97. The fourth-order valence-corrected chi connectivity index (χ4v) is 2.68. The fourth-order valence-electron chi connectivity index (χ4n) is 2.68. The van der Waals surface area contributed by atoms with Crippen LogP contribution in [0.4, 0.5) is 0 Å². The zero-order chi connectivity index (χ0) is 18.3. The molecule has 8 nitrogen and oxygen atoms in total. The molecule has 0 aliphatic rings. The topological polar surface area (TPSA) is 82.9 Å². The van der Waals surface area contributed by atoms with E-state index in [-0.39, 0.29) is 5.56 Å². The summed E-state index contributed by atoms with van der Waals surface area (Å²) < 4.78 is 5.12. The summed E-state index contributed by atoms with van der Waals surface area (Å²) in [5, 5.41) is 4.48. The molecule has 0 fully saturated rings. The molecule has 26 heavy (non-hydrogen) atoms. The predicted molar refractivity (Wildman–Crippen MR) is 98.0 cm³/mol. The second-order valence-electron chi connectivity index (χ2n) is 6.00. The molecule has 130 valence electrons. The molecule has 0 bridgehead atoms. The van der Waals surface area contributed by atoms with Crippen LogP contribution in [0, 0.1) is 13.8 Å². The van der Waals surface area contributed by atoms with Crippen LogP contribution in [0.5, 0.6) is 0 Å². The molecule has 0 radical (unpaired) electrons. The normalized spacial score (nSPS) is 11.7. The van der Waals surface area contributed by atoms with Crippen molar-refractivity contribution in [3.05, 3.63) is 70.2 Å². The van der Waals surface area contributed by atoms with E-state index in [9.17, 15) is 4.79 Å². The van der Waals surface area contributed by atoms with Crippen molar-refractivity contribution >= 4 is 17.8 Å². The van der Waals surface area contributed by atoms with Crippen LogP contribution in [0.3, 0.4) is 0 Å². The number of pyridine rings is 1. The van der Waals surface area contributed by atoms with Crippen molar-refractivity contribution in [3.8, 4) is 5.82 Å². The zero-order valence-electron chi connectivity index (χ0n) is 14.7. The third kappa shape index (κ3) is 2.71. The number of hydrogen-bond acceptors (Lipinski definition) is 5. The standard InChI is InChI=1S/C18H17N7O/c1-12-10-19-13(2)18-20-14(22-25(12)18)7-8-15-21-16(11-23(15)3)24-9-5-4-6-17(24)26/h4-11H,1-3H3/b8-7+. The van der Waals surface area contributed by atoms with Crippen LogP contribution in [0.15, 0.2) is 41.6 Å². The lowest BCUT2D eigenvalue weighted by Crippen LogP contribution is -2.15. The maximum atomic E-state index is 11.9. The van der Waals surface area contributed by atoms with Crippen LogP contribution in [-0.4, -0.2) is 33.7 Å². The van der Waals surface area contributed by atoms with Crippen molar-refractivity contribution in [1.82, 2.24) is 33.7 Å². The number of aryl methyl sites for hydroxylation is 3. The van der Waals surface area contributed by atoms with E-state index in [1.165, 1.54) is 10.6 Å². The molecule has 4 aromatic rings. The Morgan fingerprint density at radius 3 is 2.73 bits per heavy atom. The highest BCUT2D eigenvalue weighted by Gasteiger charge is 2.08. The maximum Gasteiger partial charge on any atom is 0.256 e. The molecule has 4 rings (SSSR count). The van der Waals surface area contributed by atoms with Gasteiger partial charge in [-0.2, -0.15) is 0 Å². The number of fused-ring (bicyclic) bond motifs is 1. The van der Waals surface area contributed by atoms with Gasteiger partial charge in [0.05, 0.1) is 11.4 Å². The number of aromatic nitrogens is 7. The second-order valence-corrected chi connectivity index (χ2v) is 6.00. The molecule has 0 saturated heterocycles. The summed E-state index contributed by atoms with van der Waals surface area (Å²) in [4.78, 5) is 25.3. The van der Waals surface area contributed by atoms with E-state index in [1.807, 2.05) is 31.5 Å². The van der Waals surface area contributed by atoms with Crippen molar-refractivity contribution in [1.29, 1.82) is 0 Å². The summed E-state index contributed by atoms with van der Waals surface area (Å²) in [7, 11) is 1.87. The molecule has 4 heterocycles. The van der Waals surface area contributed by atoms with Gasteiger partial charge in [-0.05, 0) is 32.1 Å². The molecule has 0 aliphatic carbocycles. The number of imidazole rings is 1. The first-order valence-corrected chi connectivity index (χ1v) is 8.11. The van der Waals surface area contributed by atoms with Crippen LogP contribution in [0.25, 0.3) is 23.6 Å². The minimum absolute atomic E-state index is 0.124. The Balaban J connectivity index is 1.70. The maximum absolute atomic E-state index is 11.9. The van der Waals surface area contributed by atoms with E-state index in [0.717, 1.165) is 17.0 Å². The van der Waals surface area contributed by atoms with Gasteiger partial charge in [-0.1, -0.05) is 6.07 Å². The van der Waals surface area contributed by atoms with Crippen molar-refractivity contribution in [3.63, 3.8) is 0 Å². The first-order chi connectivity index (χ1) is 12.5. The van der Waals surface area contributed by atoms with Gasteiger partial charge in [0.15, 0.2) is 17.3 Å². The highest BCUT2D eigenvalue weighted by molar-refractivity contribution is 5.65. The van der Waals surface area contributed by atoms with E-state index in [1.54, 1.807) is 41.3 Å². The quantitative estimate of drug-likeness (QED) is 0.564. The molecular weight excluding hydrogens is 330 g/mol. The lowest BCUT2D eigenvalue weighted by atomic mass is 10.4. The van der Waals surface area contributed by atoms with E-state index < -0.39 is 0 Å². The van der Waals surface area contributed by atoms with Crippen LogP contribution >= 0.6 is 0 Å². The molecule has 0 unspecified atom stereocenters. The zero-order valence-corrected chi connectivity index (χ0v) is 14.7. The van der Waals surface area contributed by atoms with E-state index in [4.69, 9.17) is 0 Å². The molecule has 0 spiro atoms. The monoisotopic (exact) mass is 347 g/mol. The second kappa shape index (κ2) is 6.07. The Bertz CT molecular complexity index is 1160. The smallest absolute Gasteiger partial charge is 0.256 e. The molecule has 0 amide bonds. The van der Waals surface area contributed by atoms with E-state index in [2.05, 4.69) is 20.1 Å². The van der Waals surface area contributed by atoms with Gasteiger partial charge >= 0.3 is 0 Å². The van der Waals surface area contributed by atoms with Gasteiger partial charge in [-0.15, -0.1) is 5.10 Å². The molecule has 0 saturated carbocycles. The SMILES string of the molecule is Cc1ncc(C)n2nc(/C=C/c3nc(-n4ccccc4=O)cn3C)nc12. The first kappa shape index (κ1) is 15.9. The number of nitrogens with zero attached hydrogens (tertiary/aromatic N) is 7.